The van der Waals surface area contributed by atoms with Crippen LogP contribution < -0.4 is 4.90 Å². The summed E-state index contributed by atoms with van der Waals surface area (Å²) in [5.74, 6) is -0.0318. The van der Waals surface area contributed by atoms with Gasteiger partial charge >= 0.3 is 5.97 Å². The van der Waals surface area contributed by atoms with E-state index in [0.717, 1.165) is 12.8 Å². The molecule has 3 rings (SSSR count). The van der Waals surface area contributed by atoms with Crippen LogP contribution in [0.1, 0.15) is 34.7 Å². The number of benzene rings is 2. The second kappa shape index (κ2) is 7.34. The normalized spacial score (nSPS) is 15.0. The predicted molar refractivity (Wildman–Crippen MR) is 95.1 cm³/mol. The minimum absolute atomic E-state index is 0.0193. The SMILES string of the molecule is COC(=O)c1ccc([N+](=O)[O-])c(N2CCC(c3ccccc3)CC2)c1. The Bertz CT molecular complexity index is 768. The smallest absolute Gasteiger partial charge is 0.337 e. The van der Waals surface area contributed by atoms with E-state index in [0.29, 0.717) is 30.3 Å². The van der Waals surface area contributed by atoms with E-state index in [9.17, 15) is 14.9 Å². The largest absolute Gasteiger partial charge is 0.465 e. The molecule has 2 aromatic rings. The van der Waals surface area contributed by atoms with Crippen molar-refractivity contribution in [2.24, 2.45) is 0 Å². The fourth-order valence-electron chi connectivity index (χ4n) is 3.35. The fraction of sp³-hybridized carbons (Fsp3) is 0.316. The van der Waals surface area contributed by atoms with E-state index >= 15 is 0 Å². The number of carbonyl (C=O) groups excluding carboxylic acids is 1. The molecule has 0 aliphatic carbocycles. The van der Waals surface area contributed by atoms with Crippen molar-refractivity contribution in [2.75, 3.05) is 25.1 Å². The van der Waals surface area contributed by atoms with Gasteiger partial charge in [0.2, 0.25) is 0 Å². The Balaban J connectivity index is 1.82. The molecular formula is C19H20N2O4. The molecule has 0 bridgehead atoms. The maximum atomic E-state index is 11.8. The second-order valence-corrected chi connectivity index (χ2v) is 6.12. The van der Waals surface area contributed by atoms with Crippen molar-refractivity contribution in [3.8, 4) is 0 Å². The summed E-state index contributed by atoms with van der Waals surface area (Å²) in [7, 11) is 1.30. The van der Waals surface area contributed by atoms with Crippen LogP contribution in [0.3, 0.4) is 0 Å². The van der Waals surface area contributed by atoms with Gasteiger partial charge in [-0.3, -0.25) is 10.1 Å². The number of esters is 1. The Morgan fingerprint density at radius 1 is 1.16 bits per heavy atom. The first-order chi connectivity index (χ1) is 12.1. The molecule has 0 saturated carbocycles. The third kappa shape index (κ3) is 3.63. The summed E-state index contributed by atoms with van der Waals surface area (Å²) in [6, 6.07) is 14.7. The highest BCUT2D eigenvalue weighted by molar-refractivity contribution is 5.91. The van der Waals surface area contributed by atoms with E-state index < -0.39 is 10.9 Å². The summed E-state index contributed by atoms with van der Waals surface area (Å²) in [5.41, 5.74) is 2.14. The summed E-state index contributed by atoms with van der Waals surface area (Å²) >= 11 is 0. The van der Waals surface area contributed by atoms with Crippen LogP contribution in [0.15, 0.2) is 48.5 Å². The maximum Gasteiger partial charge on any atom is 0.337 e. The number of anilines is 1. The molecule has 1 heterocycles. The number of nitrogens with zero attached hydrogens (tertiary/aromatic N) is 2. The van der Waals surface area contributed by atoms with E-state index in [4.69, 9.17) is 4.74 Å². The number of carbonyl (C=O) groups is 1. The molecule has 1 aliphatic rings. The first-order valence-corrected chi connectivity index (χ1v) is 8.27. The summed E-state index contributed by atoms with van der Waals surface area (Å²) in [6.45, 7) is 1.43. The lowest BCUT2D eigenvalue weighted by molar-refractivity contribution is -0.384. The number of piperidine rings is 1. The van der Waals surface area contributed by atoms with Crippen molar-refractivity contribution < 1.29 is 14.5 Å². The van der Waals surface area contributed by atoms with Gasteiger partial charge in [-0.25, -0.2) is 4.79 Å². The molecule has 1 fully saturated rings. The van der Waals surface area contributed by atoms with E-state index in [1.165, 1.54) is 24.8 Å². The van der Waals surface area contributed by atoms with Crippen molar-refractivity contribution in [1.82, 2.24) is 0 Å². The maximum absolute atomic E-state index is 11.8. The van der Waals surface area contributed by atoms with Gasteiger partial charge in [0.1, 0.15) is 5.69 Å². The van der Waals surface area contributed by atoms with E-state index in [1.807, 2.05) is 23.1 Å². The van der Waals surface area contributed by atoms with Crippen molar-refractivity contribution in [1.29, 1.82) is 0 Å². The molecule has 2 aromatic carbocycles. The summed E-state index contributed by atoms with van der Waals surface area (Å²) in [5, 5.41) is 11.4. The van der Waals surface area contributed by atoms with Gasteiger partial charge in [0.25, 0.3) is 5.69 Å². The monoisotopic (exact) mass is 340 g/mol. The lowest BCUT2D eigenvalue weighted by atomic mass is 9.89. The summed E-state index contributed by atoms with van der Waals surface area (Å²) < 4.78 is 4.73. The molecule has 0 N–H and O–H groups in total. The first kappa shape index (κ1) is 17.0. The number of methoxy groups -OCH3 is 1. The number of hydrogen-bond acceptors (Lipinski definition) is 5. The van der Waals surface area contributed by atoms with Gasteiger partial charge in [-0.2, -0.15) is 0 Å². The van der Waals surface area contributed by atoms with Crippen LogP contribution in [-0.4, -0.2) is 31.1 Å². The third-order valence-corrected chi connectivity index (χ3v) is 4.70. The quantitative estimate of drug-likeness (QED) is 0.481. The van der Waals surface area contributed by atoms with E-state index in [-0.39, 0.29) is 5.69 Å². The first-order valence-electron chi connectivity index (χ1n) is 8.27. The van der Waals surface area contributed by atoms with Crippen LogP contribution in [0.5, 0.6) is 0 Å². The molecule has 130 valence electrons. The Morgan fingerprint density at radius 2 is 1.84 bits per heavy atom. The number of rotatable bonds is 4. The summed E-state index contributed by atoms with van der Waals surface area (Å²) in [6.07, 6.45) is 1.84. The van der Waals surface area contributed by atoms with Crippen LogP contribution in [0.4, 0.5) is 11.4 Å². The van der Waals surface area contributed by atoms with Gasteiger partial charge in [0.05, 0.1) is 17.6 Å². The highest BCUT2D eigenvalue weighted by Gasteiger charge is 2.26. The Kier molecular flexibility index (Phi) is 4.97. The molecule has 0 atom stereocenters. The Hall–Kier alpha value is -2.89. The van der Waals surface area contributed by atoms with Crippen molar-refractivity contribution in [3.63, 3.8) is 0 Å². The minimum Gasteiger partial charge on any atom is -0.465 e. The fourth-order valence-corrected chi connectivity index (χ4v) is 3.35. The van der Waals surface area contributed by atoms with Crippen LogP contribution in [0.25, 0.3) is 0 Å². The molecule has 0 spiro atoms. The lowest BCUT2D eigenvalue weighted by Gasteiger charge is -2.33. The average Bonchev–Trinajstić information content (AvgIpc) is 2.67. The molecule has 0 aromatic heterocycles. The zero-order chi connectivity index (χ0) is 17.8. The number of hydrogen-bond donors (Lipinski definition) is 0. The molecular weight excluding hydrogens is 320 g/mol. The van der Waals surface area contributed by atoms with Crippen molar-refractivity contribution in [2.45, 2.75) is 18.8 Å². The molecule has 1 saturated heterocycles. The van der Waals surface area contributed by atoms with Crippen LogP contribution in [0, 0.1) is 10.1 Å². The van der Waals surface area contributed by atoms with Crippen molar-refractivity contribution >= 4 is 17.3 Å². The van der Waals surface area contributed by atoms with Crippen molar-refractivity contribution in [3.05, 3.63) is 69.8 Å². The molecule has 6 nitrogen and oxygen atoms in total. The van der Waals surface area contributed by atoms with E-state index in [2.05, 4.69) is 12.1 Å². The number of ether oxygens (including phenoxy) is 1. The molecule has 1 aliphatic heterocycles. The van der Waals surface area contributed by atoms with Gasteiger partial charge in [0.15, 0.2) is 0 Å². The number of nitro groups is 1. The van der Waals surface area contributed by atoms with Gasteiger partial charge < -0.3 is 9.64 Å². The molecule has 25 heavy (non-hydrogen) atoms. The summed E-state index contributed by atoms with van der Waals surface area (Å²) in [4.78, 5) is 24.7. The van der Waals surface area contributed by atoms with Crippen LogP contribution in [0.2, 0.25) is 0 Å². The molecule has 0 unspecified atom stereocenters. The van der Waals surface area contributed by atoms with Crippen LogP contribution in [-0.2, 0) is 4.74 Å². The van der Waals surface area contributed by atoms with Crippen LogP contribution >= 0.6 is 0 Å². The average molecular weight is 340 g/mol. The number of nitro benzene ring substituents is 1. The second-order valence-electron chi connectivity index (χ2n) is 6.12. The van der Waals surface area contributed by atoms with Gasteiger partial charge in [0, 0.05) is 19.2 Å². The van der Waals surface area contributed by atoms with Gasteiger partial charge in [-0.05, 0) is 36.5 Å². The molecule has 6 heteroatoms. The highest BCUT2D eigenvalue weighted by atomic mass is 16.6. The predicted octanol–water partition coefficient (Wildman–Crippen LogP) is 3.77. The van der Waals surface area contributed by atoms with Gasteiger partial charge in [-0.1, -0.05) is 30.3 Å². The highest BCUT2D eigenvalue weighted by Crippen LogP contribution is 2.35. The zero-order valence-electron chi connectivity index (χ0n) is 14.1. The Morgan fingerprint density at radius 3 is 2.44 bits per heavy atom. The zero-order valence-corrected chi connectivity index (χ0v) is 14.1. The Labute approximate surface area is 146 Å². The third-order valence-electron chi connectivity index (χ3n) is 4.70. The minimum atomic E-state index is -0.490. The molecule has 0 radical (unpaired) electrons. The molecule has 0 amide bonds. The van der Waals surface area contributed by atoms with E-state index in [1.54, 1.807) is 6.07 Å². The standard InChI is InChI=1S/C19H20N2O4/c1-25-19(22)16-7-8-17(21(23)24)18(13-16)20-11-9-15(10-12-20)14-5-3-2-4-6-14/h2-8,13,15H,9-12H2,1H3. The van der Waals surface area contributed by atoms with Gasteiger partial charge in [-0.15, -0.1) is 0 Å². The lowest BCUT2D eigenvalue weighted by Crippen LogP contribution is -2.33. The topological polar surface area (TPSA) is 72.7 Å².